The highest BCUT2D eigenvalue weighted by molar-refractivity contribution is 9.10. The van der Waals surface area contributed by atoms with Crippen molar-refractivity contribution < 1.29 is 14.4 Å². The topological polar surface area (TPSA) is 101 Å². The molecule has 0 bridgehead atoms. The van der Waals surface area contributed by atoms with Gasteiger partial charge in [-0.2, -0.15) is 0 Å². The Morgan fingerprint density at radius 1 is 1.38 bits per heavy atom. The van der Waals surface area contributed by atoms with Gasteiger partial charge >= 0.3 is 0 Å². The molecule has 0 aliphatic carbocycles. The number of oxime groups is 1. The lowest BCUT2D eigenvalue weighted by atomic mass is 10.1. The Hall–Kier alpha value is -2.48. The summed E-state index contributed by atoms with van der Waals surface area (Å²) in [7, 11) is 0. The molecule has 0 saturated carbocycles. The molecule has 1 heterocycles. The molecule has 1 amide bonds. The van der Waals surface area contributed by atoms with Crippen molar-refractivity contribution >= 4 is 33.4 Å². The lowest BCUT2D eigenvalue weighted by molar-refractivity contribution is 0.102. The number of benzene rings is 1. The zero-order valence-electron chi connectivity index (χ0n) is 10.5. The maximum atomic E-state index is 13.5. The number of halogens is 2. The van der Waals surface area contributed by atoms with E-state index in [1.165, 1.54) is 24.4 Å². The number of aromatic nitrogens is 1. The van der Waals surface area contributed by atoms with E-state index in [4.69, 9.17) is 10.9 Å². The normalized spacial score (nSPS) is 11.2. The van der Waals surface area contributed by atoms with Crippen molar-refractivity contribution in [3.63, 3.8) is 0 Å². The first kappa shape index (κ1) is 14.9. The van der Waals surface area contributed by atoms with Crippen molar-refractivity contribution in [3.8, 4) is 0 Å². The third kappa shape index (κ3) is 3.54. The molecule has 0 aliphatic rings. The van der Waals surface area contributed by atoms with Gasteiger partial charge in [0.1, 0.15) is 11.5 Å². The highest BCUT2D eigenvalue weighted by Crippen LogP contribution is 2.16. The van der Waals surface area contributed by atoms with Gasteiger partial charge in [-0.15, -0.1) is 0 Å². The molecule has 0 unspecified atom stereocenters. The first-order valence-corrected chi connectivity index (χ1v) is 6.51. The van der Waals surface area contributed by atoms with E-state index in [2.05, 4.69) is 31.4 Å². The van der Waals surface area contributed by atoms with Gasteiger partial charge in [-0.05, 0) is 46.3 Å². The molecule has 8 heteroatoms. The lowest BCUT2D eigenvalue weighted by Gasteiger charge is -2.07. The van der Waals surface area contributed by atoms with Crippen LogP contribution in [0.15, 0.2) is 46.2 Å². The number of pyridine rings is 1. The van der Waals surface area contributed by atoms with Gasteiger partial charge in [0.2, 0.25) is 0 Å². The number of hydrogen-bond acceptors (Lipinski definition) is 4. The van der Waals surface area contributed by atoms with Crippen LogP contribution < -0.4 is 11.1 Å². The van der Waals surface area contributed by atoms with E-state index >= 15 is 0 Å². The van der Waals surface area contributed by atoms with Crippen LogP contribution in [0.25, 0.3) is 0 Å². The average molecular weight is 353 g/mol. The molecule has 1 aromatic heterocycles. The Bertz CT molecular complexity index is 704. The predicted octanol–water partition coefficient (Wildman–Crippen LogP) is 2.33. The van der Waals surface area contributed by atoms with Crippen molar-refractivity contribution in [1.82, 2.24) is 4.98 Å². The third-order valence-corrected chi connectivity index (χ3v) is 3.04. The summed E-state index contributed by atoms with van der Waals surface area (Å²) >= 11 is 3.22. The third-order valence-electron chi connectivity index (χ3n) is 2.57. The summed E-state index contributed by atoms with van der Waals surface area (Å²) in [5.74, 6) is -1.50. The maximum Gasteiger partial charge on any atom is 0.274 e. The Labute approximate surface area is 127 Å². The number of nitrogens with zero attached hydrogens (tertiary/aromatic N) is 2. The summed E-state index contributed by atoms with van der Waals surface area (Å²) in [6.07, 6.45) is 1.49. The van der Waals surface area contributed by atoms with Crippen LogP contribution in [0.2, 0.25) is 0 Å². The number of amidine groups is 1. The van der Waals surface area contributed by atoms with Gasteiger partial charge in [0, 0.05) is 16.4 Å². The van der Waals surface area contributed by atoms with Gasteiger partial charge in [0.25, 0.3) is 5.91 Å². The van der Waals surface area contributed by atoms with Crippen molar-refractivity contribution in [1.29, 1.82) is 0 Å². The van der Waals surface area contributed by atoms with E-state index in [0.717, 1.165) is 10.5 Å². The second kappa shape index (κ2) is 6.31. The summed E-state index contributed by atoms with van der Waals surface area (Å²) in [5.41, 5.74) is 5.74. The maximum absolute atomic E-state index is 13.5. The molecule has 0 saturated heterocycles. The number of nitrogens with two attached hydrogens (primary N) is 1. The van der Waals surface area contributed by atoms with Crippen molar-refractivity contribution in [2.24, 2.45) is 10.9 Å². The number of rotatable bonds is 3. The predicted molar refractivity (Wildman–Crippen MR) is 78.8 cm³/mol. The van der Waals surface area contributed by atoms with Gasteiger partial charge < -0.3 is 16.3 Å². The van der Waals surface area contributed by atoms with Crippen molar-refractivity contribution in [2.75, 3.05) is 5.32 Å². The van der Waals surface area contributed by atoms with Crippen LogP contribution >= 0.6 is 15.9 Å². The summed E-state index contributed by atoms with van der Waals surface area (Å²) in [5, 5.41) is 13.9. The monoisotopic (exact) mass is 352 g/mol. The Balaban J connectivity index is 2.23. The lowest BCUT2D eigenvalue weighted by Crippen LogP contribution is -2.17. The molecule has 0 atom stereocenters. The van der Waals surface area contributed by atoms with Crippen LogP contribution in [0.4, 0.5) is 10.1 Å². The molecule has 2 aromatic rings. The fraction of sp³-hybridized carbons (Fsp3) is 0. The number of carbonyl (C=O) groups excluding carboxylic acids is 1. The quantitative estimate of drug-likeness (QED) is 0.341. The Kier molecular flexibility index (Phi) is 4.49. The number of anilines is 1. The zero-order chi connectivity index (χ0) is 15.4. The fourth-order valence-corrected chi connectivity index (χ4v) is 1.79. The van der Waals surface area contributed by atoms with E-state index in [1.807, 2.05) is 0 Å². The molecule has 2 rings (SSSR count). The molecule has 4 N–H and O–H groups in total. The SMILES string of the molecule is NC(=NO)c1cc(NC(=O)c2ccc(Br)cn2)ccc1F. The fourth-order valence-electron chi connectivity index (χ4n) is 1.56. The molecule has 0 radical (unpaired) electrons. The molecule has 6 nitrogen and oxygen atoms in total. The zero-order valence-corrected chi connectivity index (χ0v) is 12.1. The second-order valence-corrected chi connectivity index (χ2v) is 4.91. The van der Waals surface area contributed by atoms with Crippen molar-refractivity contribution in [3.05, 3.63) is 58.1 Å². The molecule has 0 spiro atoms. The highest BCUT2D eigenvalue weighted by atomic mass is 79.9. The minimum atomic E-state index is -0.662. The van der Waals surface area contributed by atoms with Gasteiger partial charge in [0.05, 0.1) is 5.56 Å². The second-order valence-electron chi connectivity index (χ2n) is 4.00. The van der Waals surface area contributed by atoms with E-state index in [1.54, 1.807) is 6.07 Å². The van der Waals surface area contributed by atoms with Crippen molar-refractivity contribution in [2.45, 2.75) is 0 Å². The molecule has 0 fully saturated rings. The minimum Gasteiger partial charge on any atom is -0.409 e. The molecule has 108 valence electrons. The van der Waals surface area contributed by atoms with E-state index in [0.29, 0.717) is 5.69 Å². The summed E-state index contributed by atoms with van der Waals surface area (Å²) in [6.45, 7) is 0. The number of amides is 1. The summed E-state index contributed by atoms with van der Waals surface area (Å²) in [4.78, 5) is 15.9. The molecular formula is C13H10BrFN4O2. The van der Waals surface area contributed by atoms with Gasteiger partial charge in [-0.25, -0.2) is 9.37 Å². The van der Waals surface area contributed by atoms with Crippen LogP contribution in [-0.2, 0) is 0 Å². The van der Waals surface area contributed by atoms with Gasteiger partial charge in [0.15, 0.2) is 5.84 Å². The number of nitrogens with one attached hydrogen (secondary N) is 1. The molecule has 21 heavy (non-hydrogen) atoms. The smallest absolute Gasteiger partial charge is 0.274 e. The Morgan fingerprint density at radius 2 is 2.14 bits per heavy atom. The molecule has 0 aliphatic heterocycles. The van der Waals surface area contributed by atoms with Gasteiger partial charge in [-0.3, -0.25) is 4.79 Å². The van der Waals surface area contributed by atoms with Crippen LogP contribution in [0.1, 0.15) is 16.1 Å². The van der Waals surface area contributed by atoms with Crippen LogP contribution in [0, 0.1) is 5.82 Å². The largest absolute Gasteiger partial charge is 0.409 e. The van der Waals surface area contributed by atoms with E-state index in [-0.39, 0.29) is 17.1 Å². The van der Waals surface area contributed by atoms with Gasteiger partial charge in [-0.1, -0.05) is 5.16 Å². The number of carbonyl (C=O) groups is 1. The summed E-state index contributed by atoms with van der Waals surface area (Å²) in [6, 6.07) is 6.95. The standard InChI is InChI=1S/C13H10BrFN4O2/c14-7-1-4-11(17-6-7)13(20)18-8-2-3-10(15)9(5-8)12(16)19-21/h1-6,21H,(H2,16,19)(H,18,20). The summed E-state index contributed by atoms with van der Waals surface area (Å²) < 4.78 is 14.3. The first-order valence-electron chi connectivity index (χ1n) is 5.71. The number of hydrogen-bond donors (Lipinski definition) is 3. The van der Waals surface area contributed by atoms with Crippen LogP contribution in [0.5, 0.6) is 0 Å². The average Bonchev–Trinajstić information content (AvgIpc) is 2.49. The molecule has 1 aromatic carbocycles. The molecular weight excluding hydrogens is 343 g/mol. The van der Waals surface area contributed by atoms with E-state index < -0.39 is 11.7 Å². The minimum absolute atomic E-state index is 0.112. The van der Waals surface area contributed by atoms with Crippen LogP contribution in [0.3, 0.4) is 0 Å². The van der Waals surface area contributed by atoms with Crippen LogP contribution in [-0.4, -0.2) is 21.9 Å². The van der Waals surface area contributed by atoms with E-state index in [9.17, 15) is 9.18 Å². The highest BCUT2D eigenvalue weighted by Gasteiger charge is 2.11. The first-order chi connectivity index (χ1) is 10.0. The Morgan fingerprint density at radius 3 is 2.76 bits per heavy atom.